The number of ether oxygens (including phenoxy) is 1. The highest BCUT2D eigenvalue weighted by molar-refractivity contribution is 5.95. The third kappa shape index (κ3) is 4.25. The molecule has 0 fully saturated rings. The van der Waals surface area contributed by atoms with Gasteiger partial charge in [0.1, 0.15) is 5.82 Å². The fraction of sp³-hybridized carbons (Fsp3) is 0.154. The lowest BCUT2D eigenvalue weighted by Gasteiger charge is -2.30. The number of carbonyl (C=O) groups excluding carboxylic acids is 2. The maximum Gasteiger partial charge on any atom is 0.339 e. The summed E-state index contributed by atoms with van der Waals surface area (Å²) in [4.78, 5) is 47.4. The molecule has 3 aromatic carbocycles. The van der Waals surface area contributed by atoms with Crippen LogP contribution in [-0.4, -0.2) is 32.8 Å². The van der Waals surface area contributed by atoms with Crippen LogP contribution in [0.15, 0.2) is 83.7 Å². The van der Waals surface area contributed by atoms with E-state index in [2.05, 4.69) is 9.97 Å². The second-order valence-corrected chi connectivity index (χ2v) is 7.96. The second kappa shape index (κ2) is 8.70. The molecule has 7 heteroatoms. The average molecular weight is 439 g/mol. The highest BCUT2D eigenvalue weighted by Crippen LogP contribution is 2.23. The number of fused-ring (bicyclic) bond motifs is 2. The van der Waals surface area contributed by atoms with Crippen molar-refractivity contribution in [2.75, 3.05) is 0 Å². The van der Waals surface area contributed by atoms with Crippen molar-refractivity contribution in [3.63, 3.8) is 0 Å². The Hall–Kier alpha value is -4.26. The molecule has 1 atom stereocenters. The van der Waals surface area contributed by atoms with Gasteiger partial charge in [-0.05, 0) is 29.3 Å². The van der Waals surface area contributed by atoms with Gasteiger partial charge in [-0.3, -0.25) is 9.59 Å². The minimum atomic E-state index is -0.941. The maximum absolute atomic E-state index is 13.5. The molecule has 0 aliphatic carbocycles. The van der Waals surface area contributed by atoms with Gasteiger partial charge >= 0.3 is 5.97 Å². The van der Waals surface area contributed by atoms with Gasteiger partial charge in [-0.2, -0.15) is 0 Å². The van der Waals surface area contributed by atoms with Crippen molar-refractivity contribution in [2.45, 2.75) is 25.6 Å². The number of rotatable bonds is 5. The molecule has 0 unspecified atom stereocenters. The van der Waals surface area contributed by atoms with Gasteiger partial charge in [0.25, 0.3) is 11.5 Å². The first-order valence-electron chi connectivity index (χ1n) is 10.7. The molecule has 1 aromatic heterocycles. The molecule has 33 heavy (non-hydrogen) atoms. The van der Waals surface area contributed by atoms with Crippen LogP contribution in [-0.2, 0) is 29.0 Å². The van der Waals surface area contributed by atoms with Gasteiger partial charge in [0.2, 0.25) is 0 Å². The average Bonchev–Trinajstić information content (AvgIpc) is 2.84. The van der Waals surface area contributed by atoms with Crippen molar-refractivity contribution in [2.24, 2.45) is 0 Å². The lowest BCUT2D eigenvalue weighted by atomic mass is 9.98. The van der Waals surface area contributed by atoms with E-state index in [0.717, 1.165) is 11.1 Å². The van der Waals surface area contributed by atoms with Crippen LogP contribution in [0.1, 0.15) is 27.3 Å². The molecule has 1 amide bonds. The molecule has 0 bridgehead atoms. The number of hydrogen-bond acceptors (Lipinski definition) is 5. The molecule has 7 nitrogen and oxygen atoms in total. The van der Waals surface area contributed by atoms with Crippen LogP contribution in [0.3, 0.4) is 0 Å². The molecule has 0 saturated heterocycles. The normalized spacial score (nSPS) is 15.0. The van der Waals surface area contributed by atoms with E-state index in [4.69, 9.17) is 4.74 Å². The van der Waals surface area contributed by atoms with Crippen molar-refractivity contribution >= 4 is 22.8 Å². The van der Waals surface area contributed by atoms with Crippen molar-refractivity contribution in [3.05, 3.63) is 112 Å². The summed E-state index contributed by atoms with van der Waals surface area (Å²) in [5, 5.41) is 0.486. The number of benzene rings is 3. The summed E-state index contributed by atoms with van der Waals surface area (Å²) in [6.45, 7) is 0.357. The zero-order valence-corrected chi connectivity index (χ0v) is 17.7. The van der Waals surface area contributed by atoms with Crippen LogP contribution in [0.4, 0.5) is 0 Å². The maximum atomic E-state index is 13.5. The molecule has 4 aromatic rings. The number of carbonyl (C=O) groups is 2. The Morgan fingerprint density at radius 1 is 0.939 bits per heavy atom. The third-order valence-corrected chi connectivity index (χ3v) is 5.70. The number of esters is 1. The molecule has 0 radical (unpaired) electrons. The summed E-state index contributed by atoms with van der Waals surface area (Å²) in [5.74, 6) is -0.477. The second-order valence-electron chi connectivity index (χ2n) is 7.96. The summed E-state index contributed by atoms with van der Waals surface area (Å²) >= 11 is 0. The molecule has 0 saturated carbocycles. The molecular formula is C26H21N3O4. The van der Waals surface area contributed by atoms with E-state index in [-0.39, 0.29) is 24.6 Å². The molecule has 1 N–H and O–H groups in total. The van der Waals surface area contributed by atoms with Gasteiger partial charge in [-0.15, -0.1) is 0 Å². The summed E-state index contributed by atoms with van der Waals surface area (Å²) in [5.41, 5.74) is 2.47. The molecule has 1 aliphatic heterocycles. The lowest BCUT2D eigenvalue weighted by Crippen LogP contribution is -2.44. The molecule has 5 rings (SSSR count). The van der Waals surface area contributed by atoms with Crippen molar-refractivity contribution in [1.82, 2.24) is 14.9 Å². The van der Waals surface area contributed by atoms with E-state index < -0.39 is 12.1 Å². The van der Waals surface area contributed by atoms with E-state index in [1.807, 2.05) is 48.5 Å². The highest BCUT2D eigenvalue weighted by Gasteiger charge is 2.34. The zero-order valence-electron chi connectivity index (χ0n) is 17.7. The number of amides is 1. The van der Waals surface area contributed by atoms with Crippen LogP contribution in [0.25, 0.3) is 10.9 Å². The Labute approximate surface area is 189 Å². The minimum absolute atomic E-state index is 0.0729. The molecule has 164 valence electrons. The Morgan fingerprint density at radius 3 is 2.52 bits per heavy atom. The summed E-state index contributed by atoms with van der Waals surface area (Å²) in [6.07, 6.45) is -0.642. The summed E-state index contributed by atoms with van der Waals surface area (Å²) < 4.78 is 5.50. The van der Waals surface area contributed by atoms with E-state index in [0.29, 0.717) is 28.7 Å². The highest BCUT2D eigenvalue weighted by atomic mass is 16.5. The summed E-state index contributed by atoms with van der Waals surface area (Å²) in [7, 11) is 0. The first-order chi connectivity index (χ1) is 16.1. The number of hydrogen-bond donors (Lipinski definition) is 1. The van der Waals surface area contributed by atoms with Gasteiger partial charge in [-0.1, -0.05) is 60.7 Å². The van der Waals surface area contributed by atoms with Gasteiger partial charge in [0, 0.05) is 13.0 Å². The molecule has 2 heterocycles. The third-order valence-electron chi connectivity index (χ3n) is 5.70. The predicted octanol–water partition coefficient (Wildman–Crippen LogP) is 3.23. The fourth-order valence-corrected chi connectivity index (χ4v) is 4.08. The number of nitrogens with one attached hydrogen (secondary N) is 1. The number of aromatic nitrogens is 2. The molecule has 1 aliphatic rings. The van der Waals surface area contributed by atoms with Crippen LogP contribution < -0.4 is 5.56 Å². The topological polar surface area (TPSA) is 92.4 Å². The first-order valence-corrected chi connectivity index (χ1v) is 10.7. The lowest BCUT2D eigenvalue weighted by molar-refractivity contribution is -0.142. The predicted molar refractivity (Wildman–Crippen MR) is 122 cm³/mol. The zero-order chi connectivity index (χ0) is 22.8. The van der Waals surface area contributed by atoms with Crippen LogP contribution in [0, 0.1) is 0 Å². The standard InChI is InChI=1S/C26H21N3O4/c30-24-20-12-6-7-13-21(20)27-23(28-24)16-29(15-17-8-2-1-3-9-17)25(31)22-14-18-10-4-5-11-19(18)26(32)33-22/h1-13,22H,14-16H2,(H,27,28,30)/t22-/m0/s1. The number of nitrogens with zero attached hydrogens (tertiary/aromatic N) is 2. The van der Waals surface area contributed by atoms with Gasteiger partial charge in [-0.25, -0.2) is 9.78 Å². The number of para-hydroxylation sites is 1. The van der Waals surface area contributed by atoms with Crippen LogP contribution >= 0.6 is 0 Å². The molecular weight excluding hydrogens is 418 g/mol. The molecule has 0 spiro atoms. The minimum Gasteiger partial charge on any atom is -0.448 e. The van der Waals surface area contributed by atoms with E-state index in [1.54, 1.807) is 35.2 Å². The van der Waals surface area contributed by atoms with E-state index in [9.17, 15) is 14.4 Å². The van der Waals surface area contributed by atoms with Crippen LogP contribution in [0.5, 0.6) is 0 Å². The van der Waals surface area contributed by atoms with Crippen LogP contribution in [0.2, 0.25) is 0 Å². The Bertz CT molecular complexity index is 1400. The van der Waals surface area contributed by atoms with Crippen molar-refractivity contribution < 1.29 is 14.3 Å². The largest absolute Gasteiger partial charge is 0.448 e. The number of H-pyrrole nitrogens is 1. The number of cyclic esters (lactones) is 1. The first kappa shape index (κ1) is 20.6. The Morgan fingerprint density at radius 2 is 1.67 bits per heavy atom. The van der Waals surface area contributed by atoms with Gasteiger partial charge in [0.05, 0.1) is 23.0 Å². The van der Waals surface area contributed by atoms with Crippen molar-refractivity contribution in [3.8, 4) is 0 Å². The van der Waals surface area contributed by atoms with Gasteiger partial charge in [0.15, 0.2) is 6.10 Å². The smallest absolute Gasteiger partial charge is 0.339 e. The summed E-state index contributed by atoms with van der Waals surface area (Å²) in [6, 6.07) is 23.7. The monoisotopic (exact) mass is 439 g/mol. The SMILES string of the molecule is O=C1O[C@H](C(=O)N(Cc2ccccc2)Cc2nc3ccccc3c(=O)[nH]2)Cc2ccccc21. The van der Waals surface area contributed by atoms with E-state index in [1.165, 1.54) is 0 Å². The Kier molecular flexibility index (Phi) is 5.44. The van der Waals surface area contributed by atoms with Gasteiger partial charge < -0.3 is 14.6 Å². The van der Waals surface area contributed by atoms with Crippen molar-refractivity contribution in [1.29, 1.82) is 0 Å². The Balaban J connectivity index is 1.47. The number of aromatic amines is 1. The quantitative estimate of drug-likeness (QED) is 0.482. The fourth-order valence-electron chi connectivity index (χ4n) is 4.08. The van der Waals surface area contributed by atoms with E-state index >= 15 is 0 Å².